The topological polar surface area (TPSA) is 60.5 Å². The fraction of sp³-hybridized carbons (Fsp3) is 0.143. The molecule has 2 aromatic carbocycles. The molecule has 0 fully saturated rings. The van der Waals surface area contributed by atoms with E-state index in [1.807, 2.05) is 36.5 Å². The van der Waals surface area contributed by atoms with Crippen molar-refractivity contribution in [3.8, 4) is 11.5 Å². The van der Waals surface area contributed by atoms with Gasteiger partial charge in [0.2, 0.25) is 0 Å². The van der Waals surface area contributed by atoms with Crippen molar-refractivity contribution in [3.63, 3.8) is 0 Å². The number of rotatable bonds is 8. The van der Waals surface area contributed by atoms with Crippen molar-refractivity contribution in [2.24, 2.45) is 0 Å². The first-order valence-corrected chi connectivity index (χ1v) is 9.40. The molecule has 1 heterocycles. The zero-order chi connectivity index (χ0) is 18.9. The number of anilines is 1. The van der Waals surface area contributed by atoms with Crippen LogP contribution in [-0.4, -0.2) is 24.6 Å². The molecule has 0 bridgehead atoms. The Morgan fingerprint density at radius 1 is 1.04 bits per heavy atom. The number of amides is 1. The average Bonchev–Trinajstić information content (AvgIpc) is 2.73. The summed E-state index contributed by atoms with van der Waals surface area (Å²) in [7, 11) is 1.60. The Morgan fingerprint density at radius 2 is 1.78 bits per heavy atom. The van der Waals surface area contributed by atoms with Gasteiger partial charge in [-0.25, -0.2) is 0 Å². The van der Waals surface area contributed by atoms with Gasteiger partial charge in [-0.05, 0) is 60.2 Å². The van der Waals surface area contributed by atoms with Gasteiger partial charge in [-0.3, -0.25) is 9.78 Å². The number of aromatic nitrogens is 1. The molecule has 1 amide bonds. The molecule has 5 nitrogen and oxygen atoms in total. The van der Waals surface area contributed by atoms with Crippen LogP contribution in [0.3, 0.4) is 0 Å². The van der Waals surface area contributed by atoms with Gasteiger partial charge in [-0.2, -0.15) is 0 Å². The predicted octanol–water partition coefficient (Wildman–Crippen LogP) is 4.40. The van der Waals surface area contributed by atoms with Crippen molar-refractivity contribution in [2.45, 2.75) is 10.6 Å². The number of nitrogens with one attached hydrogen (secondary N) is 1. The zero-order valence-electron chi connectivity index (χ0n) is 14.9. The van der Waals surface area contributed by atoms with E-state index < -0.39 is 0 Å². The lowest BCUT2D eigenvalue weighted by Gasteiger charge is -2.09. The number of pyridine rings is 1. The summed E-state index contributed by atoms with van der Waals surface area (Å²) in [5.41, 5.74) is 1.92. The lowest BCUT2D eigenvalue weighted by atomic mass is 10.3. The minimum absolute atomic E-state index is 0.0517. The number of ether oxygens (including phenoxy) is 2. The lowest BCUT2D eigenvalue weighted by molar-refractivity contribution is -0.118. The SMILES string of the molecule is COc1ccc(OCC(=O)Nc2ccc(SCc3cccnc3)cc2)cc1. The number of carbonyl (C=O) groups is 1. The standard InChI is InChI=1S/C21H20N2O3S/c1-25-18-6-8-19(9-7-18)26-14-21(24)23-17-4-10-20(11-5-17)27-15-16-3-2-12-22-13-16/h2-13H,14-15H2,1H3,(H,23,24). The molecule has 0 saturated carbocycles. The van der Waals surface area contributed by atoms with E-state index in [9.17, 15) is 4.79 Å². The molecule has 27 heavy (non-hydrogen) atoms. The Kier molecular flexibility index (Phi) is 6.71. The molecular formula is C21H20N2O3S. The third-order valence-electron chi connectivity index (χ3n) is 3.70. The van der Waals surface area contributed by atoms with Gasteiger partial charge in [0.05, 0.1) is 7.11 Å². The zero-order valence-corrected chi connectivity index (χ0v) is 15.7. The monoisotopic (exact) mass is 380 g/mol. The molecular weight excluding hydrogens is 360 g/mol. The van der Waals surface area contributed by atoms with Gasteiger partial charge in [0, 0.05) is 28.7 Å². The predicted molar refractivity (Wildman–Crippen MR) is 107 cm³/mol. The molecule has 3 aromatic rings. The van der Waals surface area contributed by atoms with E-state index in [0.29, 0.717) is 5.75 Å². The van der Waals surface area contributed by atoms with Crippen molar-refractivity contribution >= 4 is 23.4 Å². The largest absolute Gasteiger partial charge is 0.497 e. The molecule has 6 heteroatoms. The first kappa shape index (κ1) is 18.8. The van der Waals surface area contributed by atoms with Crippen molar-refractivity contribution in [1.82, 2.24) is 4.98 Å². The molecule has 3 rings (SSSR count). The highest BCUT2D eigenvalue weighted by molar-refractivity contribution is 7.98. The lowest BCUT2D eigenvalue weighted by Crippen LogP contribution is -2.20. The number of nitrogens with zero attached hydrogens (tertiary/aromatic N) is 1. The smallest absolute Gasteiger partial charge is 0.262 e. The average molecular weight is 380 g/mol. The highest BCUT2D eigenvalue weighted by Crippen LogP contribution is 2.24. The van der Waals surface area contributed by atoms with Gasteiger partial charge in [0.15, 0.2) is 6.61 Å². The van der Waals surface area contributed by atoms with E-state index in [0.717, 1.165) is 22.1 Å². The van der Waals surface area contributed by atoms with E-state index in [-0.39, 0.29) is 12.5 Å². The number of hydrogen-bond acceptors (Lipinski definition) is 5. The summed E-state index contributed by atoms with van der Waals surface area (Å²) in [6.45, 7) is -0.0517. The quantitative estimate of drug-likeness (QED) is 0.587. The maximum absolute atomic E-state index is 12.0. The Labute approximate surface area is 162 Å². The van der Waals surface area contributed by atoms with Crippen LogP contribution < -0.4 is 14.8 Å². The molecule has 138 valence electrons. The van der Waals surface area contributed by atoms with E-state index in [1.165, 1.54) is 5.56 Å². The second kappa shape index (κ2) is 9.64. The summed E-state index contributed by atoms with van der Waals surface area (Å²) in [6, 6.07) is 18.8. The van der Waals surface area contributed by atoms with E-state index in [4.69, 9.17) is 9.47 Å². The Morgan fingerprint density at radius 3 is 2.44 bits per heavy atom. The van der Waals surface area contributed by atoms with E-state index in [1.54, 1.807) is 49.3 Å². The van der Waals surface area contributed by atoms with Crippen LogP contribution in [0.2, 0.25) is 0 Å². The van der Waals surface area contributed by atoms with Crippen molar-refractivity contribution in [2.75, 3.05) is 19.0 Å². The highest BCUT2D eigenvalue weighted by Gasteiger charge is 2.05. The van der Waals surface area contributed by atoms with Crippen molar-refractivity contribution in [3.05, 3.63) is 78.6 Å². The first-order chi connectivity index (χ1) is 13.2. The number of hydrogen-bond donors (Lipinski definition) is 1. The van der Waals surface area contributed by atoms with Crippen LogP contribution in [0.25, 0.3) is 0 Å². The van der Waals surface area contributed by atoms with Crippen molar-refractivity contribution < 1.29 is 14.3 Å². The molecule has 0 aliphatic carbocycles. The molecule has 0 spiro atoms. The Balaban J connectivity index is 1.45. The van der Waals surface area contributed by atoms with Crippen LogP contribution in [-0.2, 0) is 10.5 Å². The maximum Gasteiger partial charge on any atom is 0.262 e. The van der Waals surface area contributed by atoms with Gasteiger partial charge in [-0.15, -0.1) is 11.8 Å². The minimum atomic E-state index is -0.207. The van der Waals surface area contributed by atoms with Gasteiger partial charge in [0.25, 0.3) is 5.91 Å². The minimum Gasteiger partial charge on any atom is -0.497 e. The number of methoxy groups -OCH3 is 1. The van der Waals surface area contributed by atoms with Gasteiger partial charge in [0.1, 0.15) is 11.5 Å². The summed E-state index contributed by atoms with van der Waals surface area (Å²) in [4.78, 5) is 17.3. The second-order valence-corrected chi connectivity index (χ2v) is 6.74. The molecule has 1 aromatic heterocycles. The summed E-state index contributed by atoms with van der Waals surface area (Å²) in [5, 5.41) is 2.83. The summed E-state index contributed by atoms with van der Waals surface area (Å²) in [5.74, 6) is 2.01. The van der Waals surface area contributed by atoms with Crippen LogP contribution in [0, 0.1) is 0 Å². The van der Waals surface area contributed by atoms with Gasteiger partial charge < -0.3 is 14.8 Å². The van der Waals surface area contributed by atoms with Gasteiger partial charge >= 0.3 is 0 Å². The summed E-state index contributed by atoms with van der Waals surface area (Å²) in [6.07, 6.45) is 3.63. The van der Waals surface area contributed by atoms with Crippen LogP contribution in [0.15, 0.2) is 78.0 Å². The molecule has 1 N–H and O–H groups in total. The van der Waals surface area contributed by atoms with E-state index in [2.05, 4.69) is 16.4 Å². The molecule has 0 aliphatic rings. The highest BCUT2D eigenvalue weighted by atomic mass is 32.2. The Hall–Kier alpha value is -2.99. The number of thioether (sulfide) groups is 1. The second-order valence-electron chi connectivity index (χ2n) is 5.69. The fourth-order valence-corrected chi connectivity index (χ4v) is 3.14. The molecule has 0 saturated heterocycles. The number of benzene rings is 2. The third kappa shape index (κ3) is 6.04. The molecule has 0 unspecified atom stereocenters. The summed E-state index contributed by atoms with van der Waals surface area (Å²) < 4.78 is 10.6. The first-order valence-electron chi connectivity index (χ1n) is 8.41. The van der Waals surface area contributed by atoms with Crippen LogP contribution >= 0.6 is 11.8 Å². The Bertz CT molecular complexity index is 853. The maximum atomic E-state index is 12.0. The van der Waals surface area contributed by atoms with E-state index >= 15 is 0 Å². The fourth-order valence-electron chi connectivity index (χ4n) is 2.30. The van der Waals surface area contributed by atoms with Gasteiger partial charge in [-0.1, -0.05) is 6.07 Å². The molecule has 0 radical (unpaired) electrons. The number of carbonyl (C=O) groups excluding carboxylic acids is 1. The van der Waals surface area contributed by atoms with Crippen molar-refractivity contribution in [1.29, 1.82) is 0 Å². The van der Waals surface area contributed by atoms with Crippen LogP contribution in [0.5, 0.6) is 11.5 Å². The molecule has 0 aliphatic heterocycles. The normalized spacial score (nSPS) is 10.3. The summed E-state index contributed by atoms with van der Waals surface area (Å²) >= 11 is 1.72. The van der Waals surface area contributed by atoms with Crippen LogP contribution in [0.4, 0.5) is 5.69 Å². The molecule has 0 atom stereocenters. The van der Waals surface area contributed by atoms with Crippen LogP contribution in [0.1, 0.15) is 5.56 Å². The third-order valence-corrected chi connectivity index (χ3v) is 4.78.